The number of carbonyl (C=O) groups excluding carboxylic acids is 2. The quantitative estimate of drug-likeness (QED) is 0.243. The van der Waals surface area contributed by atoms with Crippen molar-refractivity contribution in [3.8, 4) is 0 Å². The average Bonchev–Trinajstić information content (AvgIpc) is 3.57. The molecule has 2 saturated carbocycles. The third kappa shape index (κ3) is 10.7. The zero-order chi connectivity index (χ0) is 32.0. The lowest BCUT2D eigenvalue weighted by molar-refractivity contribution is -0.204. The van der Waals surface area contributed by atoms with Crippen LogP contribution in [0.25, 0.3) is 0 Å². The SMILES string of the molecule is C1CC1.CC(C)(C)C(F)(F)F.CC(C)n1nccc1C(=O)NCC1Nc2ccc(CNC(=O)CC3CC(F)(F)C3)cc2N1. The molecule has 1 aromatic carbocycles. The summed E-state index contributed by atoms with van der Waals surface area (Å²) in [5, 5.41) is 16.5. The number of fused-ring (bicyclic) bond motifs is 1. The van der Waals surface area contributed by atoms with Gasteiger partial charge in [-0.2, -0.15) is 18.3 Å². The first-order chi connectivity index (χ1) is 19.9. The second-order valence-corrected chi connectivity index (χ2v) is 12.6. The molecular weight excluding hydrogens is 571 g/mol. The van der Waals surface area contributed by atoms with Crippen LogP contribution in [-0.2, 0) is 11.3 Å². The number of benzene rings is 1. The molecule has 0 spiro atoms. The normalized spacial score (nSPS) is 18.4. The van der Waals surface area contributed by atoms with E-state index in [2.05, 4.69) is 26.4 Å². The Hall–Kier alpha value is -3.38. The third-order valence-corrected chi connectivity index (χ3v) is 6.94. The summed E-state index contributed by atoms with van der Waals surface area (Å²) in [7, 11) is 0. The Morgan fingerprint density at radius 3 is 2.16 bits per heavy atom. The number of hydrogen-bond acceptors (Lipinski definition) is 5. The van der Waals surface area contributed by atoms with Gasteiger partial charge >= 0.3 is 6.18 Å². The molecule has 13 heteroatoms. The van der Waals surface area contributed by atoms with Gasteiger partial charge in [0.25, 0.3) is 5.91 Å². The first kappa shape index (κ1) is 34.1. The molecule has 43 heavy (non-hydrogen) atoms. The molecule has 1 aromatic heterocycles. The van der Waals surface area contributed by atoms with Crippen LogP contribution in [0.15, 0.2) is 30.5 Å². The lowest BCUT2D eigenvalue weighted by Crippen LogP contribution is -2.39. The Bertz CT molecular complexity index is 1210. The second kappa shape index (κ2) is 13.9. The highest BCUT2D eigenvalue weighted by Crippen LogP contribution is 2.44. The zero-order valence-corrected chi connectivity index (χ0v) is 25.4. The Morgan fingerprint density at radius 2 is 1.63 bits per heavy atom. The molecule has 2 amide bonds. The van der Waals surface area contributed by atoms with Crippen molar-refractivity contribution in [2.24, 2.45) is 11.3 Å². The number of alkyl halides is 5. The molecule has 1 aliphatic heterocycles. The molecule has 4 N–H and O–H groups in total. The summed E-state index contributed by atoms with van der Waals surface area (Å²) in [4.78, 5) is 24.5. The van der Waals surface area contributed by atoms with Crippen LogP contribution in [0.5, 0.6) is 0 Å². The maximum absolute atomic E-state index is 12.9. The topological polar surface area (TPSA) is 100 Å². The number of carbonyl (C=O) groups is 2. The van der Waals surface area contributed by atoms with E-state index in [-0.39, 0.29) is 49.2 Å². The predicted molar refractivity (Wildman–Crippen MR) is 156 cm³/mol. The summed E-state index contributed by atoms with van der Waals surface area (Å²) < 4.78 is 62.2. The minimum absolute atomic E-state index is 0.0892. The number of nitrogens with zero attached hydrogens (tertiary/aromatic N) is 2. The van der Waals surface area contributed by atoms with Crippen molar-refractivity contribution in [1.82, 2.24) is 20.4 Å². The summed E-state index contributed by atoms with van der Waals surface area (Å²) in [5.74, 6) is -3.23. The zero-order valence-electron chi connectivity index (χ0n) is 25.4. The lowest BCUT2D eigenvalue weighted by Gasteiger charge is -2.34. The lowest BCUT2D eigenvalue weighted by atomic mass is 9.79. The molecule has 8 nitrogen and oxygen atoms in total. The summed E-state index contributed by atoms with van der Waals surface area (Å²) in [6.07, 6.45) is 1.61. The van der Waals surface area contributed by atoms with Crippen LogP contribution in [0.4, 0.5) is 33.3 Å². The maximum Gasteiger partial charge on any atom is 0.393 e. The largest absolute Gasteiger partial charge is 0.393 e. The number of nitrogens with one attached hydrogen (secondary N) is 4. The number of halogens is 5. The molecule has 2 fully saturated rings. The molecule has 2 heterocycles. The van der Waals surface area contributed by atoms with E-state index in [1.807, 2.05) is 32.0 Å². The Morgan fingerprint density at radius 1 is 1.02 bits per heavy atom. The van der Waals surface area contributed by atoms with Gasteiger partial charge in [-0.25, -0.2) is 8.78 Å². The summed E-state index contributed by atoms with van der Waals surface area (Å²) in [5.41, 5.74) is 1.63. The molecule has 1 atom stereocenters. The smallest absolute Gasteiger partial charge is 0.362 e. The van der Waals surface area contributed by atoms with Crippen molar-refractivity contribution < 1.29 is 31.5 Å². The van der Waals surface area contributed by atoms with Crippen molar-refractivity contribution in [2.45, 2.75) is 104 Å². The monoisotopic (exact) mass is 614 g/mol. The van der Waals surface area contributed by atoms with Gasteiger partial charge in [-0.3, -0.25) is 14.3 Å². The van der Waals surface area contributed by atoms with Crippen molar-refractivity contribution in [1.29, 1.82) is 0 Å². The van der Waals surface area contributed by atoms with Crippen molar-refractivity contribution in [2.75, 3.05) is 17.2 Å². The fraction of sp³-hybridized carbons (Fsp3) is 0.633. The molecule has 3 aliphatic rings. The van der Waals surface area contributed by atoms with Crippen LogP contribution in [0.3, 0.4) is 0 Å². The summed E-state index contributed by atoms with van der Waals surface area (Å²) in [6.45, 7) is 8.07. The number of anilines is 2. The van der Waals surface area contributed by atoms with E-state index in [9.17, 15) is 31.5 Å². The molecule has 2 aromatic rings. The van der Waals surface area contributed by atoms with Gasteiger partial charge in [0.1, 0.15) is 11.9 Å². The Labute approximate surface area is 249 Å². The van der Waals surface area contributed by atoms with Gasteiger partial charge in [-0.1, -0.05) is 46.1 Å². The Balaban J connectivity index is 0.000000389. The van der Waals surface area contributed by atoms with Gasteiger partial charge in [0.2, 0.25) is 11.8 Å². The molecule has 2 aliphatic carbocycles. The van der Waals surface area contributed by atoms with Gasteiger partial charge in [0, 0.05) is 38.0 Å². The number of amides is 2. The van der Waals surface area contributed by atoms with E-state index >= 15 is 0 Å². The van der Waals surface area contributed by atoms with Crippen LogP contribution in [0, 0.1) is 11.3 Å². The van der Waals surface area contributed by atoms with Gasteiger partial charge < -0.3 is 21.3 Å². The van der Waals surface area contributed by atoms with E-state index in [1.165, 1.54) is 19.3 Å². The van der Waals surface area contributed by atoms with E-state index in [4.69, 9.17) is 0 Å². The molecule has 5 rings (SSSR count). The van der Waals surface area contributed by atoms with Gasteiger partial charge in [-0.15, -0.1) is 0 Å². The molecule has 0 radical (unpaired) electrons. The van der Waals surface area contributed by atoms with Gasteiger partial charge in [-0.05, 0) is 43.5 Å². The van der Waals surface area contributed by atoms with E-state index in [0.29, 0.717) is 18.8 Å². The number of rotatable bonds is 8. The van der Waals surface area contributed by atoms with Crippen molar-refractivity contribution in [3.63, 3.8) is 0 Å². The predicted octanol–water partition coefficient (Wildman–Crippen LogP) is 6.87. The first-order valence-electron chi connectivity index (χ1n) is 14.6. The molecule has 0 bridgehead atoms. The first-order valence-corrected chi connectivity index (χ1v) is 14.6. The molecule has 1 unspecified atom stereocenters. The summed E-state index contributed by atoms with van der Waals surface area (Å²) in [6, 6.07) is 7.51. The fourth-order valence-corrected chi connectivity index (χ4v) is 4.12. The minimum Gasteiger partial charge on any atom is -0.362 e. The fourth-order valence-electron chi connectivity index (χ4n) is 4.12. The number of hydrogen-bond donors (Lipinski definition) is 4. The minimum atomic E-state index is -4.06. The van der Waals surface area contributed by atoms with E-state index < -0.39 is 17.5 Å². The van der Waals surface area contributed by atoms with Crippen molar-refractivity contribution in [3.05, 3.63) is 41.7 Å². The summed E-state index contributed by atoms with van der Waals surface area (Å²) >= 11 is 0. The van der Waals surface area contributed by atoms with Crippen LogP contribution >= 0.6 is 0 Å². The van der Waals surface area contributed by atoms with Crippen LogP contribution in [0.2, 0.25) is 0 Å². The van der Waals surface area contributed by atoms with Crippen LogP contribution in [0.1, 0.15) is 95.2 Å². The van der Waals surface area contributed by atoms with Crippen molar-refractivity contribution >= 4 is 23.2 Å². The third-order valence-electron chi connectivity index (χ3n) is 6.94. The highest BCUT2D eigenvalue weighted by molar-refractivity contribution is 5.92. The maximum atomic E-state index is 12.9. The Kier molecular flexibility index (Phi) is 11.1. The second-order valence-electron chi connectivity index (χ2n) is 12.6. The molecule has 240 valence electrons. The van der Waals surface area contributed by atoms with E-state index in [1.54, 1.807) is 16.9 Å². The number of aromatic nitrogens is 2. The highest BCUT2D eigenvalue weighted by atomic mass is 19.4. The average molecular weight is 615 g/mol. The van der Waals surface area contributed by atoms with Crippen LogP contribution in [-0.4, -0.2) is 46.4 Å². The standard InChI is InChI=1S/C22H28F2N6O2.C5H9F3.C3H6/c1-13(2)30-18(5-6-27-30)21(32)26-12-19-28-16-4-3-14(7-17(16)29-19)11-25-20(31)8-15-9-22(23,24)10-15;1-4(2,3)5(6,7)8;1-2-3-1/h3-7,13,15,19,28-29H,8-12H2,1-2H3,(H,25,31)(H,26,32);1-3H3;1-3H2. The molecule has 0 saturated heterocycles. The van der Waals surface area contributed by atoms with Crippen LogP contribution < -0.4 is 21.3 Å². The highest BCUT2D eigenvalue weighted by Gasteiger charge is 2.45. The molecular formula is C30H43F5N6O2. The van der Waals surface area contributed by atoms with E-state index in [0.717, 1.165) is 37.7 Å². The van der Waals surface area contributed by atoms with Gasteiger partial charge in [0.15, 0.2) is 0 Å². The van der Waals surface area contributed by atoms with Gasteiger partial charge in [0.05, 0.1) is 23.3 Å².